The van der Waals surface area contributed by atoms with E-state index in [1.165, 1.54) is 11.1 Å². The van der Waals surface area contributed by atoms with Crippen LogP contribution in [0.5, 0.6) is 0 Å². The van der Waals surface area contributed by atoms with Crippen LogP contribution in [0.25, 0.3) is 11.1 Å². The summed E-state index contributed by atoms with van der Waals surface area (Å²) in [5.41, 5.74) is 3.47. The molecule has 0 saturated carbocycles. The highest BCUT2D eigenvalue weighted by atomic mass is 35.5. The van der Waals surface area contributed by atoms with Crippen molar-refractivity contribution in [1.82, 2.24) is 9.19 Å². The minimum absolute atomic E-state index is 0.772. The van der Waals surface area contributed by atoms with Crippen LogP contribution in [-0.2, 0) is 0 Å². The van der Waals surface area contributed by atoms with Gasteiger partial charge in [0.25, 0.3) is 0 Å². The summed E-state index contributed by atoms with van der Waals surface area (Å²) in [6.45, 7) is 2.05. The van der Waals surface area contributed by atoms with Gasteiger partial charge < -0.3 is 0 Å². The highest BCUT2D eigenvalue weighted by Gasteiger charge is 2.04. The topological polar surface area (TPSA) is 17.8 Å². The molecule has 2 rings (SSSR count). The third kappa shape index (κ3) is 2.19. The molecule has 15 heavy (non-hydrogen) atoms. The fourth-order valence-electron chi connectivity index (χ4n) is 1.49. The monoisotopic (exact) mass is 238 g/mol. The molecule has 0 radical (unpaired) electrons. The Labute approximate surface area is 98.4 Å². The van der Waals surface area contributed by atoms with Crippen molar-refractivity contribution >= 4 is 23.5 Å². The first-order valence-corrected chi connectivity index (χ1v) is 6.12. The van der Waals surface area contributed by atoms with Crippen LogP contribution >= 0.6 is 23.5 Å². The molecule has 1 aromatic carbocycles. The average Bonchev–Trinajstić information content (AvgIpc) is 2.66. The number of rotatable bonds is 2. The Balaban J connectivity index is 2.44. The largest absolute Gasteiger partial charge is 0.214 e. The molecule has 1 aromatic heterocycles. The number of hydrogen-bond acceptors (Lipinski definition) is 2. The Bertz CT molecular complexity index is 479. The zero-order valence-electron chi connectivity index (χ0n) is 8.57. The molecule has 4 heteroatoms. The third-order valence-electron chi connectivity index (χ3n) is 2.25. The number of halogens is 1. The van der Waals surface area contributed by atoms with E-state index in [9.17, 15) is 0 Å². The van der Waals surface area contributed by atoms with Crippen molar-refractivity contribution < 1.29 is 0 Å². The minimum Gasteiger partial charge on any atom is -0.214 e. The van der Waals surface area contributed by atoms with E-state index in [2.05, 4.69) is 12.0 Å². The van der Waals surface area contributed by atoms with Crippen molar-refractivity contribution in [2.75, 3.05) is 6.26 Å². The van der Waals surface area contributed by atoms with E-state index in [0.717, 1.165) is 10.6 Å². The molecule has 0 unspecified atom stereocenters. The van der Waals surface area contributed by atoms with Gasteiger partial charge in [-0.15, -0.1) is 0 Å². The summed E-state index contributed by atoms with van der Waals surface area (Å²) in [5.74, 6) is 0. The molecule has 2 nitrogen and oxygen atoms in total. The zero-order chi connectivity index (χ0) is 10.8. The van der Waals surface area contributed by atoms with Gasteiger partial charge in [-0.25, -0.2) is 4.09 Å². The standard InChI is InChI=1S/C11H11ClN2S/c1-8-5-10(12)3-4-11(8)9-6-13-14(7-9)15-2/h3-7H,1-2H3. The zero-order valence-corrected chi connectivity index (χ0v) is 10.1. The van der Waals surface area contributed by atoms with Gasteiger partial charge >= 0.3 is 0 Å². The normalized spacial score (nSPS) is 10.6. The van der Waals surface area contributed by atoms with Crippen LogP contribution in [0.15, 0.2) is 30.6 Å². The van der Waals surface area contributed by atoms with Gasteiger partial charge in [-0.1, -0.05) is 17.7 Å². The third-order valence-corrected chi connectivity index (χ3v) is 3.06. The van der Waals surface area contributed by atoms with Crippen LogP contribution in [0, 0.1) is 6.92 Å². The van der Waals surface area contributed by atoms with E-state index < -0.39 is 0 Å². The maximum Gasteiger partial charge on any atom is 0.0579 e. The summed E-state index contributed by atoms with van der Waals surface area (Å²) in [6.07, 6.45) is 5.87. The molecule has 0 aliphatic carbocycles. The van der Waals surface area contributed by atoms with Gasteiger partial charge in [0.2, 0.25) is 0 Å². The van der Waals surface area contributed by atoms with Gasteiger partial charge in [-0.3, -0.25) is 0 Å². The van der Waals surface area contributed by atoms with Gasteiger partial charge in [0.05, 0.1) is 6.20 Å². The lowest BCUT2D eigenvalue weighted by molar-refractivity contribution is 1.01. The summed E-state index contributed by atoms with van der Waals surface area (Å²) in [4.78, 5) is 0. The maximum absolute atomic E-state index is 5.91. The molecule has 0 amide bonds. The summed E-state index contributed by atoms with van der Waals surface area (Å²) >= 11 is 7.48. The highest BCUT2D eigenvalue weighted by molar-refractivity contribution is 7.97. The van der Waals surface area contributed by atoms with Gasteiger partial charge in [-0.2, -0.15) is 5.10 Å². The SMILES string of the molecule is CSn1cc(-c2ccc(Cl)cc2C)cn1. The summed E-state index contributed by atoms with van der Waals surface area (Å²) in [6, 6.07) is 5.90. The fourth-order valence-corrected chi connectivity index (χ4v) is 2.08. The number of benzene rings is 1. The molecule has 1 heterocycles. The second kappa shape index (κ2) is 4.29. The molecule has 0 fully saturated rings. The number of nitrogens with zero attached hydrogens (tertiary/aromatic N) is 2. The Kier molecular flexibility index (Phi) is 3.03. The predicted octanol–water partition coefficient (Wildman–Crippen LogP) is 3.64. The van der Waals surface area contributed by atoms with E-state index in [4.69, 9.17) is 11.6 Å². The average molecular weight is 239 g/mol. The highest BCUT2D eigenvalue weighted by Crippen LogP contribution is 2.25. The molecular weight excluding hydrogens is 228 g/mol. The van der Waals surface area contributed by atoms with Crippen LogP contribution < -0.4 is 0 Å². The lowest BCUT2D eigenvalue weighted by Gasteiger charge is -2.02. The number of hydrogen-bond donors (Lipinski definition) is 0. The second-order valence-corrected chi connectivity index (χ2v) is 4.45. The van der Waals surface area contributed by atoms with Gasteiger partial charge in [-0.05, 0) is 42.1 Å². The van der Waals surface area contributed by atoms with Gasteiger partial charge in [0.1, 0.15) is 0 Å². The molecule has 0 aliphatic heterocycles. The van der Waals surface area contributed by atoms with E-state index in [0.29, 0.717) is 0 Å². The molecular formula is C11H11ClN2S. The van der Waals surface area contributed by atoms with E-state index in [-0.39, 0.29) is 0 Å². The molecule has 0 bridgehead atoms. The van der Waals surface area contributed by atoms with Crippen molar-refractivity contribution in [2.24, 2.45) is 0 Å². The summed E-state index contributed by atoms with van der Waals surface area (Å²) in [5, 5.41) is 4.99. The number of aromatic nitrogens is 2. The van der Waals surface area contributed by atoms with Crippen LogP contribution in [-0.4, -0.2) is 15.4 Å². The second-order valence-electron chi connectivity index (χ2n) is 3.27. The summed E-state index contributed by atoms with van der Waals surface area (Å²) < 4.78 is 1.84. The smallest absolute Gasteiger partial charge is 0.0579 e. The van der Waals surface area contributed by atoms with E-state index >= 15 is 0 Å². The maximum atomic E-state index is 5.91. The molecule has 0 spiro atoms. The molecule has 0 aliphatic rings. The lowest BCUT2D eigenvalue weighted by atomic mass is 10.0. The van der Waals surface area contributed by atoms with Crippen LogP contribution in [0.4, 0.5) is 0 Å². The van der Waals surface area contributed by atoms with Crippen molar-refractivity contribution in [3.63, 3.8) is 0 Å². The van der Waals surface area contributed by atoms with Crippen LogP contribution in [0.3, 0.4) is 0 Å². The Morgan fingerprint density at radius 2 is 2.20 bits per heavy atom. The molecule has 0 N–H and O–H groups in total. The number of aryl methyl sites for hydroxylation is 1. The van der Waals surface area contributed by atoms with Crippen molar-refractivity contribution in [3.8, 4) is 11.1 Å². The molecule has 78 valence electrons. The first-order valence-electron chi connectivity index (χ1n) is 4.56. The molecule has 2 aromatic rings. The van der Waals surface area contributed by atoms with Crippen molar-refractivity contribution in [3.05, 3.63) is 41.2 Å². The van der Waals surface area contributed by atoms with Crippen LogP contribution in [0.2, 0.25) is 5.02 Å². The van der Waals surface area contributed by atoms with Crippen LogP contribution in [0.1, 0.15) is 5.56 Å². The Morgan fingerprint density at radius 1 is 1.40 bits per heavy atom. The first kappa shape index (κ1) is 10.6. The van der Waals surface area contributed by atoms with Crippen molar-refractivity contribution in [2.45, 2.75) is 6.92 Å². The Morgan fingerprint density at radius 3 is 2.80 bits per heavy atom. The fraction of sp³-hybridized carbons (Fsp3) is 0.182. The minimum atomic E-state index is 0.772. The molecule has 0 saturated heterocycles. The van der Waals surface area contributed by atoms with Crippen molar-refractivity contribution in [1.29, 1.82) is 0 Å². The van der Waals surface area contributed by atoms with E-state index in [1.54, 1.807) is 11.9 Å². The van der Waals surface area contributed by atoms with Gasteiger partial charge in [0, 0.05) is 23.0 Å². The Hall–Kier alpha value is -0.930. The van der Waals surface area contributed by atoms with Gasteiger partial charge in [0.15, 0.2) is 0 Å². The van der Waals surface area contributed by atoms with E-state index in [1.807, 2.05) is 40.9 Å². The lowest BCUT2D eigenvalue weighted by Crippen LogP contribution is -1.82. The summed E-state index contributed by atoms with van der Waals surface area (Å²) in [7, 11) is 0. The quantitative estimate of drug-likeness (QED) is 0.795. The first-order chi connectivity index (χ1) is 7.20. The molecule has 0 atom stereocenters. The predicted molar refractivity (Wildman–Crippen MR) is 66.3 cm³/mol.